The van der Waals surface area contributed by atoms with E-state index in [0.29, 0.717) is 36.9 Å². The molecule has 162 valence electrons. The summed E-state index contributed by atoms with van der Waals surface area (Å²) in [5, 5.41) is 6.25. The Bertz CT molecular complexity index is 874. The van der Waals surface area contributed by atoms with E-state index in [9.17, 15) is 9.59 Å². The summed E-state index contributed by atoms with van der Waals surface area (Å²) in [7, 11) is 0. The van der Waals surface area contributed by atoms with Crippen molar-refractivity contribution in [3.05, 3.63) is 41.7 Å². The molecule has 0 saturated carbocycles. The van der Waals surface area contributed by atoms with Crippen LogP contribution < -0.4 is 14.8 Å². The molecule has 1 amide bonds. The molecule has 0 bridgehead atoms. The van der Waals surface area contributed by atoms with Crippen LogP contribution in [0.5, 0.6) is 11.5 Å². The van der Waals surface area contributed by atoms with Gasteiger partial charge in [-0.2, -0.15) is 0 Å². The fourth-order valence-electron chi connectivity index (χ4n) is 2.53. The Kier molecular flexibility index (Phi) is 8.93. The molecular formula is C22H28N2O6. The molecule has 30 heavy (non-hydrogen) atoms. The van der Waals surface area contributed by atoms with Gasteiger partial charge in [-0.1, -0.05) is 25.1 Å². The standard InChI is InChI=1S/C22H28N2O6/c1-5-12-28-18-10-8-16(14-19(18)27-7-3)9-11-21(25)29-17(6-2)22(26)23-20-13-15(4)30-24-20/h8-11,13-14,17H,5-7,12H2,1-4H3,(H,23,24,26)/b11-9+. The Morgan fingerprint density at radius 1 is 1.17 bits per heavy atom. The van der Waals surface area contributed by atoms with Gasteiger partial charge in [0.2, 0.25) is 0 Å². The highest BCUT2D eigenvalue weighted by molar-refractivity contribution is 5.96. The minimum absolute atomic E-state index is 0.274. The van der Waals surface area contributed by atoms with Crippen LogP contribution in [0.15, 0.2) is 34.9 Å². The number of carbonyl (C=O) groups is 2. The molecule has 0 aliphatic carbocycles. The van der Waals surface area contributed by atoms with Crippen molar-refractivity contribution in [2.45, 2.75) is 46.6 Å². The SMILES string of the molecule is CCCOc1ccc(/C=C/C(=O)OC(CC)C(=O)Nc2cc(C)on2)cc1OCC. The van der Waals surface area contributed by atoms with Crippen LogP contribution >= 0.6 is 0 Å². The van der Waals surface area contributed by atoms with E-state index in [2.05, 4.69) is 10.5 Å². The molecule has 8 nitrogen and oxygen atoms in total. The average molecular weight is 416 g/mol. The number of benzene rings is 1. The minimum Gasteiger partial charge on any atom is -0.490 e. The van der Waals surface area contributed by atoms with Crippen LogP contribution in [0.2, 0.25) is 0 Å². The summed E-state index contributed by atoms with van der Waals surface area (Å²) in [5.41, 5.74) is 0.745. The maximum absolute atomic E-state index is 12.3. The van der Waals surface area contributed by atoms with Gasteiger partial charge in [0.1, 0.15) is 5.76 Å². The molecular weight excluding hydrogens is 388 g/mol. The molecule has 0 aliphatic rings. The Morgan fingerprint density at radius 3 is 2.60 bits per heavy atom. The first-order valence-electron chi connectivity index (χ1n) is 9.99. The van der Waals surface area contributed by atoms with Crippen molar-refractivity contribution >= 4 is 23.8 Å². The summed E-state index contributed by atoms with van der Waals surface area (Å²) in [6.07, 6.45) is 3.14. The predicted octanol–water partition coefficient (Wildman–Crippen LogP) is 4.14. The lowest BCUT2D eigenvalue weighted by Crippen LogP contribution is -2.31. The zero-order chi connectivity index (χ0) is 21.9. The van der Waals surface area contributed by atoms with Crippen LogP contribution in [0.4, 0.5) is 5.82 Å². The number of hydrogen-bond donors (Lipinski definition) is 1. The Labute approximate surface area is 176 Å². The normalized spacial score (nSPS) is 11.9. The fraction of sp³-hybridized carbons (Fsp3) is 0.409. The number of carbonyl (C=O) groups excluding carboxylic acids is 2. The highest BCUT2D eigenvalue weighted by Gasteiger charge is 2.21. The number of anilines is 1. The molecule has 0 fully saturated rings. The van der Waals surface area contributed by atoms with Crippen molar-refractivity contribution in [2.75, 3.05) is 18.5 Å². The lowest BCUT2D eigenvalue weighted by molar-refractivity contribution is -0.149. The molecule has 0 radical (unpaired) electrons. The first kappa shape index (κ1) is 23.0. The third-order valence-corrected chi connectivity index (χ3v) is 3.94. The predicted molar refractivity (Wildman–Crippen MR) is 112 cm³/mol. The van der Waals surface area contributed by atoms with Crippen molar-refractivity contribution in [1.82, 2.24) is 5.16 Å². The second-order valence-electron chi connectivity index (χ2n) is 6.47. The highest BCUT2D eigenvalue weighted by Crippen LogP contribution is 2.29. The van der Waals surface area contributed by atoms with Gasteiger partial charge < -0.3 is 24.1 Å². The molecule has 1 unspecified atom stereocenters. The second kappa shape index (κ2) is 11.6. The summed E-state index contributed by atoms with van der Waals surface area (Å²) in [6.45, 7) is 8.47. The summed E-state index contributed by atoms with van der Waals surface area (Å²) in [5.74, 6) is 1.01. The Hall–Kier alpha value is -3.29. The molecule has 2 rings (SSSR count). The van der Waals surface area contributed by atoms with E-state index in [-0.39, 0.29) is 5.82 Å². The number of nitrogens with zero attached hydrogens (tertiary/aromatic N) is 1. The van der Waals surface area contributed by atoms with Crippen molar-refractivity contribution in [2.24, 2.45) is 0 Å². The van der Waals surface area contributed by atoms with Crippen LogP contribution in [0.1, 0.15) is 44.9 Å². The maximum atomic E-state index is 12.3. The Balaban J connectivity index is 1.99. The number of hydrogen-bond acceptors (Lipinski definition) is 7. The zero-order valence-electron chi connectivity index (χ0n) is 17.8. The van der Waals surface area contributed by atoms with Crippen LogP contribution in [0.25, 0.3) is 6.08 Å². The summed E-state index contributed by atoms with van der Waals surface area (Å²) < 4.78 is 21.4. The van der Waals surface area contributed by atoms with Crippen molar-refractivity contribution < 1.29 is 28.3 Å². The first-order valence-corrected chi connectivity index (χ1v) is 9.99. The number of aromatic nitrogens is 1. The van der Waals surface area contributed by atoms with Gasteiger partial charge in [-0.3, -0.25) is 4.79 Å². The first-order chi connectivity index (χ1) is 14.5. The summed E-state index contributed by atoms with van der Waals surface area (Å²) in [6, 6.07) is 6.98. The second-order valence-corrected chi connectivity index (χ2v) is 6.47. The average Bonchev–Trinajstić information content (AvgIpc) is 3.14. The molecule has 8 heteroatoms. The van der Waals surface area contributed by atoms with Gasteiger partial charge in [0.25, 0.3) is 5.91 Å². The topological polar surface area (TPSA) is 99.9 Å². The monoisotopic (exact) mass is 416 g/mol. The molecule has 1 aromatic carbocycles. The largest absolute Gasteiger partial charge is 0.490 e. The van der Waals surface area contributed by atoms with E-state index in [4.69, 9.17) is 18.7 Å². The van der Waals surface area contributed by atoms with Crippen LogP contribution in [-0.2, 0) is 14.3 Å². The Morgan fingerprint density at radius 2 is 1.97 bits per heavy atom. The number of esters is 1. The quantitative estimate of drug-likeness (QED) is 0.434. The van der Waals surface area contributed by atoms with Gasteiger partial charge in [0, 0.05) is 12.1 Å². The molecule has 0 aliphatic heterocycles. The highest BCUT2D eigenvalue weighted by atomic mass is 16.5. The fourth-order valence-corrected chi connectivity index (χ4v) is 2.53. The van der Waals surface area contributed by atoms with Crippen molar-refractivity contribution in [3.8, 4) is 11.5 Å². The van der Waals surface area contributed by atoms with E-state index in [1.807, 2.05) is 19.9 Å². The molecule has 0 saturated heterocycles. The van der Waals surface area contributed by atoms with Gasteiger partial charge in [-0.05, 0) is 50.5 Å². The maximum Gasteiger partial charge on any atom is 0.331 e. The van der Waals surface area contributed by atoms with Gasteiger partial charge in [0.05, 0.1) is 13.2 Å². The van der Waals surface area contributed by atoms with Crippen molar-refractivity contribution in [1.29, 1.82) is 0 Å². The van der Waals surface area contributed by atoms with E-state index >= 15 is 0 Å². The number of rotatable bonds is 11. The van der Waals surface area contributed by atoms with Gasteiger partial charge in [-0.15, -0.1) is 0 Å². The van der Waals surface area contributed by atoms with Gasteiger partial charge >= 0.3 is 5.97 Å². The number of amides is 1. The van der Waals surface area contributed by atoms with E-state index in [1.54, 1.807) is 38.1 Å². The van der Waals surface area contributed by atoms with E-state index in [1.165, 1.54) is 6.08 Å². The molecule has 0 spiro atoms. The summed E-state index contributed by atoms with van der Waals surface area (Å²) in [4.78, 5) is 24.5. The molecule has 1 N–H and O–H groups in total. The van der Waals surface area contributed by atoms with Crippen LogP contribution in [0, 0.1) is 6.92 Å². The minimum atomic E-state index is -0.942. The molecule has 1 aromatic heterocycles. The lowest BCUT2D eigenvalue weighted by Gasteiger charge is -2.14. The van der Waals surface area contributed by atoms with E-state index < -0.39 is 18.0 Å². The lowest BCUT2D eigenvalue weighted by atomic mass is 10.2. The third-order valence-electron chi connectivity index (χ3n) is 3.94. The third kappa shape index (κ3) is 6.95. The number of aryl methyl sites for hydroxylation is 1. The van der Waals surface area contributed by atoms with Gasteiger partial charge in [0.15, 0.2) is 23.4 Å². The molecule has 1 heterocycles. The smallest absolute Gasteiger partial charge is 0.331 e. The van der Waals surface area contributed by atoms with Gasteiger partial charge in [-0.25, -0.2) is 4.79 Å². The number of nitrogens with one attached hydrogen (secondary N) is 1. The molecule has 2 aromatic rings. The molecule has 1 atom stereocenters. The van der Waals surface area contributed by atoms with E-state index in [0.717, 1.165) is 12.0 Å². The van der Waals surface area contributed by atoms with Crippen LogP contribution in [-0.4, -0.2) is 36.4 Å². The van der Waals surface area contributed by atoms with Crippen molar-refractivity contribution in [3.63, 3.8) is 0 Å². The van der Waals surface area contributed by atoms with Crippen LogP contribution in [0.3, 0.4) is 0 Å². The summed E-state index contributed by atoms with van der Waals surface area (Å²) >= 11 is 0. The number of ether oxygens (including phenoxy) is 3. The zero-order valence-corrected chi connectivity index (χ0v) is 17.8.